The van der Waals surface area contributed by atoms with Gasteiger partial charge in [0.25, 0.3) is 5.91 Å². The fourth-order valence-electron chi connectivity index (χ4n) is 2.87. The van der Waals surface area contributed by atoms with Crippen LogP contribution in [-0.4, -0.2) is 25.7 Å². The first kappa shape index (κ1) is 14.9. The van der Waals surface area contributed by atoms with Gasteiger partial charge in [-0.1, -0.05) is 11.6 Å². The van der Waals surface area contributed by atoms with Crippen molar-refractivity contribution in [2.75, 3.05) is 19.8 Å². The third kappa shape index (κ3) is 3.81. The Morgan fingerprint density at radius 1 is 1.09 bits per heavy atom. The maximum absolute atomic E-state index is 12.2. The van der Waals surface area contributed by atoms with Crippen molar-refractivity contribution in [3.05, 3.63) is 35.4 Å². The van der Waals surface area contributed by atoms with Crippen molar-refractivity contribution in [1.82, 2.24) is 5.32 Å². The Hall–Kier alpha value is -1.97. The van der Waals surface area contributed by atoms with Crippen molar-refractivity contribution in [2.45, 2.75) is 38.5 Å². The number of hydrogen-bond acceptors (Lipinski definition) is 3. The molecule has 4 heteroatoms. The average Bonchev–Trinajstić information content (AvgIpc) is 2.80. The molecule has 22 heavy (non-hydrogen) atoms. The van der Waals surface area contributed by atoms with E-state index in [9.17, 15) is 4.79 Å². The predicted octanol–water partition coefficient (Wildman–Crippen LogP) is 3.47. The smallest absolute Gasteiger partial charge is 0.251 e. The van der Waals surface area contributed by atoms with Gasteiger partial charge in [0.05, 0.1) is 13.2 Å². The third-order valence-corrected chi connectivity index (χ3v) is 4.13. The summed E-state index contributed by atoms with van der Waals surface area (Å²) in [5.41, 5.74) is 2.10. The van der Waals surface area contributed by atoms with Crippen LogP contribution in [0.2, 0.25) is 0 Å². The predicted molar refractivity (Wildman–Crippen MR) is 85.6 cm³/mol. The van der Waals surface area contributed by atoms with E-state index in [-0.39, 0.29) is 5.91 Å². The zero-order valence-electron chi connectivity index (χ0n) is 12.9. The summed E-state index contributed by atoms with van der Waals surface area (Å²) < 4.78 is 11.2. The number of allylic oxidation sites excluding steroid dienone is 1. The molecule has 3 rings (SSSR count). The quantitative estimate of drug-likeness (QED) is 0.866. The van der Waals surface area contributed by atoms with Crippen LogP contribution in [0.1, 0.15) is 48.9 Å². The van der Waals surface area contributed by atoms with Gasteiger partial charge in [0.2, 0.25) is 0 Å². The molecular weight excluding hydrogens is 278 g/mol. The van der Waals surface area contributed by atoms with Crippen LogP contribution in [0.5, 0.6) is 11.5 Å². The van der Waals surface area contributed by atoms with Crippen LogP contribution >= 0.6 is 0 Å². The SMILES string of the molecule is O=C(NCCC1=CCCCC1)c1ccc2c(c1)OCCCO2. The monoisotopic (exact) mass is 301 g/mol. The lowest BCUT2D eigenvalue weighted by Crippen LogP contribution is -2.24. The van der Waals surface area contributed by atoms with E-state index < -0.39 is 0 Å². The molecule has 0 bridgehead atoms. The van der Waals surface area contributed by atoms with Crippen LogP contribution in [0, 0.1) is 0 Å². The molecule has 118 valence electrons. The summed E-state index contributed by atoms with van der Waals surface area (Å²) in [5, 5.41) is 2.99. The zero-order chi connectivity index (χ0) is 15.2. The molecule has 0 spiro atoms. The number of benzene rings is 1. The molecule has 0 fully saturated rings. The van der Waals surface area contributed by atoms with Crippen LogP contribution in [-0.2, 0) is 0 Å². The van der Waals surface area contributed by atoms with E-state index in [4.69, 9.17) is 9.47 Å². The zero-order valence-corrected chi connectivity index (χ0v) is 12.9. The highest BCUT2D eigenvalue weighted by Crippen LogP contribution is 2.30. The van der Waals surface area contributed by atoms with Crippen LogP contribution in [0.15, 0.2) is 29.8 Å². The summed E-state index contributed by atoms with van der Waals surface area (Å²) in [5.74, 6) is 1.34. The Morgan fingerprint density at radius 3 is 2.77 bits per heavy atom. The highest BCUT2D eigenvalue weighted by atomic mass is 16.5. The molecule has 4 nitrogen and oxygen atoms in total. The first-order chi connectivity index (χ1) is 10.8. The molecule has 0 unspecified atom stereocenters. The standard InChI is InChI=1S/C18H23NO3/c20-18(19-10-9-14-5-2-1-3-6-14)15-7-8-16-17(13-15)22-12-4-11-21-16/h5,7-8,13H,1-4,6,9-12H2,(H,19,20). The Kier molecular flexibility index (Phi) is 4.99. The summed E-state index contributed by atoms with van der Waals surface area (Å²) in [7, 11) is 0. The third-order valence-electron chi connectivity index (χ3n) is 4.13. The first-order valence-electron chi connectivity index (χ1n) is 8.19. The maximum Gasteiger partial charge on any atom is 0.251 e. The first-order valence-corrected chi connectivity index (χ1v) is 8.19. The summed E-state index contributed by atoms with van der Waals surface area (Å²) in [6, 6.07) is 5.39. The lowest BCUT2D eigenvalue weighted by atomic mass is 9.97. The van der Waals surface area contributed by atoms with Crippen LogP contribution in [0.25, 0.3) is 0 Å². The topological polar surface area (TPSA) is 47.6 Å². The number of rotatable bonds is 4. The number of amides is 1. The minimum atomic E-state index is -0.0490. The highest BCUT2D eigenvalue weighted by molar-refractivity contribution is 5.94. The molecule has 1 amide bonds. The van der Waals surface area contributed by atoms with Gasteiger partial charge < -0.3 is 14.8 Å². The summed E-state index contributed by atoms with van der Waals surface area (Å²) in [4.78, 5) is 12.2. The Balaban J connectivity index is 1.55. The normalized spacial score (nSPS) is 17.4. The molecular formula is C18H23NO3. The van der Waals surface area contributed by atoms with Gasteiger partial charge in [0.15, 0.2) is 11.5 Å². The van der Waals surface area contributed by atoms with Crippen molar-refractivity contribution >= 4 is 5.91 Å². The van der Waals surface area contributed by atoms with E-state index in [1.807, 2.05) is 6.07 Å². The molecule has 0 radical (unpaired) electrons. The number of ether oxygens (including phenoxy) is 2. The summed E-state index contributed by atoms with van der Waals surface area (Å²) >= 11 is 0. The molecule has 0 saturated carbocycles. The maximum atomic E-state index is 12.2. The minimum absolute atomic E-state index is 0.0490. The number of nitrogens with one attached hydrogen (secondary N) is 1. The molecule has 1 aliphatic heterocycles. The van der Waals surface area contributed by atoms with E-state index >= 15 is 0 Å². The van der Waals surface area contributed by atoms with E-state index in [2.05, 4.69) is 11.4 Å². The Bertz CT molecular complexity index is 565. The molecule has 1 aliphatic carbocycles. The van der Waals surface area contributed by atoms with Crippen LogP contribution in [0.4, 0.5) is 0 Å². The van der Waals surface area contributed by atoms with Gasteiger partial charge in [0, 0.05) is 18.5 Å². The van der Waals surface area contributed by atoms with Gasteiger partial charge in [-0.3, -0.25) is 4.79 Å². The van der Waals surface area contributed by atoms with E-state index in [0.717, 1.165) is 18.6 Å². The largest absolute Gasteiger partial charge is 0.490 e. The summed E-state index contributed by atoms with van der Waals surface area (Å²) in [6.45, 7) is 1.99. The number of carbonyl (C=O) groups excluding carboxylic acids is 1. The van der Waals surface area contributed by atoms with Gasteiger partial charge >= 0.3 is 0 Å². The van der Waals surface area contributed by atoms with E-state index in [1.165, 1.54) is 31.3 Å². The molecule has 1 aromatic rings. The lowest BCUT2D eigenvalue weighted by Gasteiger charge is -2.13. The molecule has 1 aromatic carbocycles. The van der Waals surface area contributed by atoms with Crippen molar-refractivity contribution in [1.29, 1.82) is 0 Å². The molecule has 1 heterocycles. The van der Waals surface area contributed by atoms with E-state index in [0.29, 0.717) is 31.1 Å². The molecule has 0 atom stereocenters. The second-order valence-corrected chi connectivity index (χ2v) is 5.83. The van der Waals surface area contributed by atoms with Crippen molar-refractivity contribution in [3.8, 4) is 11.5 Å². The van der Waals surface area contributed by atoms with Crippen LogP contribution in [0.3, 0.4) is 0 Å². The molecule has 1 N–H and O–H groups in total. The van der Waals surface area contributed by atoms with Crippen molar-refractivity contribution in [2.24, 2.45) is 0 Å². The highest BCUT2D eigenvalue weighted by Gasteiger charge is 2.14. The number of carbonyl (C=O) groups is 1. The number of fused-ring (bicyclic) bond motifs is 1. The second kappa shape index (κ2) is 7.34. The molecule has 0 saturated heterocycles. The van der Waals surface area contributed by atoms with Gasteiger partial charge in [-0.05, 0) is 50.3 Å². The van der Waals surface area contributed by atoms with Gasteiger partial charge in [-0.25, -0.2) is 0 Å². The van der Waals surface area contributed by atoms with Crippen LogP contribution < -0.4 is 14.8 Å². The number of hydrogen-bond donors (Lipinski definition) is 1. The molecule has 2 aliphatic rings. The van der Waals surface area contributed by atoms with Crippen molar-refractivity contribution < 1.29 is 14.3 Å². The van der Waals surface area contributed by atoms with Crippen molar-refractivity contribution in [3.63, 3.8) is 0 Å². The molecule has 0 aromatic heterocycles. The summed E-state index contributed by atoms with van der Waals surface area (Å²) in [6.07, 6.45) is 9.09. The van der Waals surface area contributed by atoms with Gasteiger partial charge in [0.1, 0.15) is 0 Å². The Labute approximate surface area is 131 Å². The second-order valence-electron chi connectivity index (χ2n) is 5.83. The fourth-order valence-corrected chi connectivity index (χ4v) is 2.87. The minimum Gasteiger partial charge on any atom is -0.490 e. The average molecular weight is 301 g/mol. The lowest BCUT2D eigenvalue weighted by molar-refractivity contribution is 0.0953. The van der Waals surface area contributed by atoms with Gasteiger partial charge in [-0.15, -0.1) is 0 Å². The van der Waals surface area contributed by atoms with E-state index in [1.54, 1.807) is 12.1 Å². The fraction of sp³-hybridized carbons (Fsp3) is 0.500. The Morgan fingerprint density at radius 2 is 1.95 bits per heavy atom. The van der Waals surface area contributed by atoms with Gasteiger partial charge in [-0.2, -0.15) is 0 Å².